The maximum Gasteiger partial charge on any atom is 0.412 e. The van der Waals surface area contributed by atoms with Gasteiger partial charge in [0.25, 0.3) is 0 Å². The number of carbonyl (C=O) groups is 2. The first-order valence-corrected chi connectivity index (χ1v) is 14.7. The van der Waals surface area contributed by atoms with Gasteiger partial charge in [0, 0.05) is 9.79 Å². The van der Waals surface area contributed by atoms with E-state index in [0.29, 0.717) is 0 Å². The van der Waals surface area contributed by atoms with Crippen molar-refractivity contribution >= 4 is 54.7 Å². The second kappa shape index (κ2) is 13.6. The summed E-state index contributed by atoms with van der Waals surface area (Å²) in [5, 5.41) is 0. The van der Waals surface area contributed by atoms with E-state index in [9.17, 15) is 9.59 Å². The lowest BCUT2D eigenvalue weighted by Crippen LogP contribution is -2.47. The summed E-state index contributed by atoms with van der Waals surface area (Å²) in [5.74, 6) is -0.506. The zero-order chi connectivity index (χ0) is 24.2. The van der Waals surface area contributed by atoms with E-state index in [-0.39, 0.29) is 19.8 Å². The van der Waals surface area contributed by atoms with Crippen LogP contribution in [0.3, 0.4) is 0 Å². The van der Waals surface area contributed by atoms with Gasteiger partial charge in [-0.25, -0.2) is 4.79 Å². The third-order valence-corrected chi connectivity index (χ3v) is 11.0. The number of thioether (sulfide) groups is 2. The van der Waals surface area contributed by atoms with Gasteiger partial charge in [0.05, 0.1) is 6.61 Å². The molecule has 0 aromatic heterocycles. The third kappa shape index (κ3) is 7.64. The molecule has 0 saturated carbocycles. The number of nitrogens with zero attached hydrogens (tertiary/aromatic N) is 1. The highest BCUT2D eigenvalue weighted by molar-refractivity contribution is 8.27. The molecule has 3 aromatic carbocycles. The molecule has 0 aliphatic carbocycles. The van der Waals surface area contributed by atoms with Gasteiger partial charge in [0.1, 0.15) is 13.2 Å². The Morgan fingerprint density at radius 1 is 0.853 bits per heavy atom. The van der Waals surface area contributed by atoms with E-state index >= 15 is 0 Å². The van der Waals surface area contributed by atoms with Gasteiger partial charge >= 0.3 is 12.1 Å². The highest BCUT2D eigenvalue weighted by atomic mass is 32.4. The number of carbonyl (C=O) groups excluding carboxylic acids is 2. The molecule has 0 saturated heterocycles. The van der Waals surface area contributed by atoms with Crippen LogP contribution in [-0.4, -0.2) is 34.1 Å². The molecule has 0 spiro atoms. The number of hydrogen-bond acceptors (Lipinski definition) is 7. The van der Waals surface area contributed by atoms with Gasteiger partial charge in [-0.05, 0) is 44.1 Å². The van der Waals surface area contributed by atoms with Crippen LogP contribution < -0.4 is 0 Å². The number of ether oxygens (including phenoxy) is 2. The summed E-state index contributed by atoms with van der Waals surface area (Å²) in [6.45, 7) is 1.79. The largest absolute Gasteiger partial charge is 0.465 e. The Kier molecular flexibility index (Phi) is 10.5. The number of rotatable bonds is 11. The molecule has 0 aliphatic heterocycles. The van der Waals surface area contributed by atoms with Crippen molar-refractivity contribution in [1.82, 2.24) is 4.90 Å². The summed E-state index contributed by atoms with van der Waals surface area (Å²) in [4.78, 5) is 29.4. The summed E-state index contributed by atoms with van der Waals surface area (Å²) in [6, 6.07) is 28.9. The topological polar surface area (TPSA) is 55.8 Å². The molecule has 34 heavy (non-hydrogen) atoms. The van der Waals surface area contributed by atoms with Gasteiger partial charge in [0.15, 0.2) is 3.94 Å². The Hall–Kier alpha value is -2.25. The fourth-order valence-corrected chi connectivity index (χ4v) is 8.27. The van der Waals surface area contributed by atoms with Crippen molar-refractivity contribution in [3.63, 3.8) is 0 Å². The molecule has 0 fully saturated rings. The minimum Gasteiger partial charge on any atom is -0.465 e. The minimum atomic E-state index is -0.946. The number of amides is 1. The summed E-state index contributed by atoms with van der Waals surface area (Å²) in [5.41, 5.74) is 0.856. The smallest absolute Gasteiger partial charge is 0.412 e. The maximum absolute atomic E-state index is 13.5. The molecule has 9 heteroatoms. The molecule has 0 radical (unpaired) electrons. The first-order chi connectivity index (χ1) is 16.6. The Morgan fingerprint density at radius 3 is 1.82 bits per heavy atom. The van der Waals surface area contributed by atoms with Gasteiger partial charge in [-0.2, -0.15) is 0 Å². The molecule has 5 nitrogen and oxygen atoms in total. The average molecular weight is 532 g/mol. The molecular weight excluding hydrogens is 505 g/mol. The van der Waals surface area contributed by atoms with E-state index in [2.05, 4.69) is 0 Å². The van der Waals surface area contributed by atoms with Crippen molar-refractivity contribution in [3.8, 4) is 0 Å². The van der Waals surface area contributed by atoms with Crippen molar-refractivity contribution in [2.45, 2.75) is 27.3 Å². The maximum atomic E-state index is 13.5. The second-order valence-electron chi connectivity index (χ2n) is 7.01. The van der Waals surface area contributed by atoms with Gasteiger partial charge in [-0.1, -0.05) is 102 Å². The predicted octanol–water partition coefficient (Wildman–Crippen LogP) is 6.26. The van der Waals surface area contributed by atoms with Crippen molar-refractivity contribution in [3.05, 3.63) is 96.6 Å². The van der Waals surface area contributed by atoms with E-state index in [1.54, 1.807) is 6.92 Å². The lowest BCUT2D eigenvalue weighted by molar-refractivity contribution is -0.144. The second-order valence-corrected chi connectivity index (χ2v) is 12.5. The fourth-order valence-electron chi connectivity index (χ4n) is 2.99. The average Bonchev–Trinajstić information content (AvgIpc) is 2.87. The third-order valence-electron chi connectivity index (χ3n) is 4.56. The summed E-state index contributed by atoms with van der Waals surface area (Å²) < 4.78 is 9.92. The molecule has 3 rings (SSSR count). The lowest BCUT2D eigenvalue weighted by Gasteiger charge is -2.39. The van der Waals surface area contributed by atoms with Crippen LogP contribution in [0.5, 0.6) is 0 Å². The molecule has 0 bridgehead atoms. The molecule has 0 aliphatic rings. The van der Waals surface area contributed by atoms with Crippen LogP contribution >= 0.6 is 30.9 Å². The Morgan fingerprint density at radius 2 is 1.35 bits per heavy atom. The van der Waals surface area contributed by atoms with E-state index in [0.717, 1.165) is 15.4 Å². The van der Waals surface area contributed by atoms with E-state index < -0.39 is 23.4 Å². The lowest BCUT2D eigenvalue weighted by atomic mass is 10.2. The first-order valence-electron chi connectivity index (χ1n) is 10.6. The van der Waals surface area contributed by atoms with E-state index in [1.165, 1.54) is 28.4 Å². The predicted molar refractivity (Wildman–Crippen MR) is 144 cm³/mol. The molecule has 1 atom stereocenters. The summed E-state index contributed by atoms with van der Waals surface area (Å²) >= 11 is 8.64. The zero-order valence-corrected chi connectivity index (χ0v) is 22.3. The molecule has 178 valence electrons. The monoisotopic (exact) mass is 531 g/mol. The highest BCUT2D eigenvalue weighted by Gasteiger charge is 2.42. The van der Waals surface area contributed by atoms with Crippen LogP contribution in [0.1, 0.15) is 12.5 Å². The highest BCUT2D eigenvalue weighted by Crippen LogP contribution is 2.55. The Balaban J connectivity index is 1.98. The summed E-state index contributed by atoms with van der Waals surface area (Å²) in [7, 11) is -0.762. The van der Waals surface area contributed by atoms with Gasteiger partial charge < -0.3 is 9.47 Å². The Bertz CT molecular complexity index is 1030. The number of hydrogen-bond donors (Lipinski definition) is 0. The van der Waals surface area contributed by atoms with Gasteiger partial charge in [-0.15, -0.1) is 0 Å². The van der Waals surface area contributed by atoms with Crippen molar-refractivity contribution in [2.75, 3.05) is 13.2 Å². The minimum absolute atomic E-state index is 0.0911. The van der Waals surface area contributed by atoms with Crippen molar-refractivity contribution < 1.29 is 19.1 Å². The molecule has 0 N–H and O–H groups in total. The van der Waals surface area contributed by atoms with E-state index in [1.807, 2.05) is 91.0 Å². The van der Waals surface area contributed by atoms with Crippen LogP contribution in [0.4, 0.5) is 4.79 Å². The molecule has 0 heterocycles. The van der Waals surface area contributed by atoms with Crippen LogP contribution in [0, 0.1) is 0 Å². The standard InChI is InChI=1S/C25H26NO4PS3/c1-2-29-23(27)18-26(24(28)30-19-20-12-6-3-7-13-20)25(31-32,33-21-14-8-4-9-15-21)34-22-16-10-5-11-17-22/h3-17H,2,18-19,31H2,1H3. The summed E-state index contributed by atoms with van der Waals surface area (Å²) in [6.07, 6.45) is -0.610. The van der Waals surface area contributed by atoms with Crippen LogP contribution in [0.2, 0.25) is 0 Å². The Labute approximate surface area is 215 Å². The number of esters is 1. The molecule has 1 amide bonds. The normalized spacial score (nSPS) is 11.3. The quantitative estimate of drug-likeness (QED) is 0.125. The van der Waals surface area contributed by atoms with Crippen molar-refractivity contribution in [2.24, 2.45) is 0 Å². The zero-order valence-electron chi connectivity index (χ0n) is 18.7. The SMILES string of the molecule is CCOC(=O)CN(C(=O)OCc1ccccc1)C([PH2]=S)(Sc1ccccc1)Sc1ccccc1. The fraction of sp³-hybridized carbons (Fsp3) is 0.200. The molecule has 3 aromatic rings. The van der Waals surface area contributed by atoms with Crippen LogP contribution in [0.25, 0.3) is 0 Å². The van der Waals surface area contributed by atoms with Crippen LogP contribution in [0.15, 0.2) is 101 Å². The van der Waals surface area contributed by atoms with E-state index in [4.69, 9.17) is 21.3 Å². The van der Waals surface area contributed by atoms with Crippen molar-refractivity contribution in [1.29, 1.82) is 0 Å². The van der Waals surface area contributed by atoms with Gasteiger partial charge in [-0.3, -0.25) is 9.69 Å². The molecule has 1 unspecified atom stereocenters. The van der Waals surface area contributed by atoms with Gasteiger partial charge in [0.2, 0.25) is 0 Å². The first kappa shape index (κ1) is 26.4. The van der Waals surface area contributed by atoms with Crippen LogP contribution in [-0.2, 0) is 32.7 Å². The number of benzene rings is 3. The molecular formula is C25H26NO4PS3.